The number of aromatic nitrogens is 3. The first-order valence-electron chi connectivity index (χ1n) is 8.31. The highest BCUT2D eigenvalue weighted by Crippen LogP contribution is 2.08. The Bertz CT molecular complexity index is 786. The van der Waals surface area contributed by atoms with Crippen molar-refractivity contribution in [2.45, 2.75) is 19.4 Å². The van der Waals surface area contributed by atoms with Crippen molar-refractivity contribution >= 4 is 6.03 Å². The molecule has 0 saturated carbocycles. The van der Waals surface area contributed by atoms with Gasteiger partial charge in [0.15, 0.2) is 0 Å². The quantitative estimate of drug-likeness (QED) is 0.652. The minimum atomic E-state index is -0.163. The minimum Gasteiger partial charge on any atom is -0.338 e. The summed E-state index contributed by atoms with van der Waals surface area (Å²) < 4.78 is 1.86. The zero-order chi connectivity index (χ0) is 17.3. The molecule has 3 aromatic rings. The number of para-hydroxylation sites is 1. The van der Waals surface area contributed by atoms with Gasteiger partial charge in [0, 0.05) is 31.7 Å². The molecule has 0 atom stereocenters. The van der Waals surface area contributed by atoms with Gasteiger partial charge >= 0.3 is 6.03 Å². The van der Waals surface area contributed by atoms with Crippen LogP contribution >= 0.6 is 0 Å². The number of amides is 2. The summed E-state index contributed by atoms with van der Waals surface area (Å²) in [5.74, 6) is 0. The Balaban J connectivity index is 1.36. The Morgan fingerprint density at radius 2 is 1.88 bits per heavy atom. The number of nitrogens with zero attached hydrogens (tertiary/aromatic N) is 3. The summed E-state index contributed by atoms with van der Waals surface area (Å²) in [7, 11) is 0. The molecule has 0 aliphatic heterocycles. The maximum Gasteiger partial charge on any atom is 0.315 e. The Morgan fingerprint density at radius 1 is 1.00 bits per heavy atom. The summed E-state index contributed by atoms with van der Waals surface area (Å²) in [5.41, 5.74) is 3.18. The Hall–Kier alpha value is -3.15. The fraction of sp³-hybridized carbons (Fsp3) is 0.211. The van der Waals surface area contributed by atoms with Gasteiger partial charge < -0.3 is 10.6 Å². The lowest BCUT2D eigenvalue weighted by atomic mass is 10.2. The highest BCUT2D eigenvalue weighted by molar-refractivity contribution is 5.73. The van der Waals surface area contributed by atoms with Crippen LogP contribution in [0.4, 0.5) is 4.79 Å². The molecular weight excluding hydrogens is 314 g/mol. The number of benzene rings is 1. The summed E-state index contributed by atoms with van der Waals surface area (Å²) in [4.78, 5) is 15.8. The average Bonchev–Trinajstić information content (AvgIpc) is 3.14. The van der Waals surface area contributed by atoms with Crippen LogP contribution in [0.3, 0.4) is 0 Å². The van der Waals surface area contributed by atoms with Gasteiger partial charge in [-0.3, -0.25) is 4.98 Å². The van der Waals surface area contributed by atoms with Gasteiger partial charge in [0.05, 0.1) is 11.9 Å². The van der Waals surface area contributed by atoms with Crippen molar-refractivity contribution in [1.29, 1.82) is 0 Å². The van der Waals surface area contributed by atoms with E-state index in [4.69, 9.17) is 0 Å². The fourth-order valence-electron chi connectivity index (χ4n) is 2.45. The molecule has 0 aliphatic rings. The molecule has 128 valence electrons. The summed E-state index contributed by atoms with van der Waals surface area (Å²) in [5, 5.41) is 10.1. The monoisotopic (exact) mass is 335 g/mol. The maximum absolute atomic E-state index is 11.8. The average molecular weight is 335 g/mol. The second kappa shape index (κ2) is 8.63. The standard InChI is InChI=1S/C19H21N5O/c25-19(22-13-16-6-4-10-20-12-16)21-11-5-7-17-14-23-24(15-17)18-8-2-1-3-9-18/h1-4,6,8-10,12,14-15H,5,7,11,13H2,(H2,21,22,25). The molecule has 0 saturated heterocycles. The van der Waals surface area contributed by atoms with Crippen LogP contribution < -0.4 is 10.6 Å². The second-order valence-corrected chi connectivity index (χ2v) is 5.70. The van der Waals surface area contributed by atoms with Crippen molar-refractivity contribution < 1.29 is 4.79 Å². The normalized spacial score (nSPS) is 10.4. The van der Waals surface area contributed by atoms with Gasteiger partial charge in [0.1, 0.15) is 0 Å². The van der Waals surface area contributed by atoms with E-state index in [0.29, 0.717) is 13.1 Å². The number of rotatable bonds is 7. The number of hydrogen-bond donors (Lipinski definition) is 2. The van der Waals surface area contributed by atoms with Gasteiger partial charge in [-0.1, -0.05) is 24.3 Å². The van der Waals surface area contributed by atoms with Crippen molar-refractivity contribution in [2.24, 2.45) is 0 Å². The summed E-state index contributed by atoms with van der Waals surface area (Å²) in [6, 6.07) is 13.6. The Labute approximate surface area is 146 Å². The van der Waals surface area contributed by atoms with Crippen LogP contribution in [0, 0.1) is 0 Å². The van der Waals surface area contributed by atoms with E-state index < -0.39 is 0 Å². The smallest absolute Gasteiger partial charge is 0.315 e. The van der Waals surface area contributed by atoms with Crippen molar-refractivity contribution in [1.82, 2.24) is 25.4 Å². The molecule has 0 spiro atoms. The predicted molar refractivity (Wildman–Crippen MR) is 96.4 cm³/mol. The van der Waals surface area contributed by atoms with E-state index in [1.54, 1.807) is 12.4 Å². The molecule has 0 fully saturated rings. The van der Waals surface area contributed by atoms with E-state index in [-0.39, 0.29) is 6.03 Å². The number of nitrogens with one attached hydrogen (secondary N) is 2. The molecule has 2 amide bonds. The first kappa shape index (κ1) is 16.7. The lowest BCUT2D eigenvalue weighted by Gasteiger charge is -2.07. The molecule has 25 heavy (non-hydrogen) atoms. The SMILES string of the molecule is O=C(NCCCc1cnn(-c2ccccc2)c1)NCc1cccnc1. The number of pyridine rings is 1. The van der Waals surface area contributed by atoms with Crippen LogP contribution in [0.25, 0.3) is 5.69 Å². The van der Waals surface area contributed by atoms with Gasteiger partial charge in [-0.05, 0) is 42.2 Å². The van der Waals surface area contributed by atoms with E-state index in [2.05, 4.69) is 20.7 Å². The molecule has 0 unspecified atom stereocenters. The Morgan fingerprint density at radius 3 is 2.68 bits per heavy atom. The lowest BCUT2D eigenvalue weighted by Crippen LogP contribution is -2.35. The molecule has 2 aromatic heterocycles. The molecule has 0 radical (unpaired) electrons. The number of carbonyl (C=O) groups excluding carboxylic acids is 1. The zero-order valence-corrected chi connectivity index (χ0v) is 13.9. The molecule has 1 aromatic carbocycles. The van der Waals surface area contributed by atoms with Crippen molar-refractivity contribution in [3.63, 3.8) is 0 Å². The molecule has 2 N–H and O–H groups in total. The first-order chi connectivity index (χ1) is 12.3. The first-order valence-corrected chi connectivity index (χ1v) is 8.31. The highest BCUT2D eigenvalue weighted by atomic mass is 16.2. The lowest BCUT2D eigenvalue weighted by molar-refractivity contribution is 0.240. The third kappa shape index (κ3) is 5.17. The van der Waals surface area contributed by atoms with E-state index in [0.717, 1.165) is 29.7 Å². The number of hydrogen-bond acceptors (Lipinski definition) is 3. The number of urea groups is 1. The molecule has 6 nitrogen and oxygen atoms in total. The van der Waals surface area contributed by atoms with E-state index in [1.807, 2.05) is 59.5 Å². The van der Waals surface area contributed by atoms with Crippen LogP contribution in [0.1, 0.15) is 17.5 Å². The largest absolute Gasteiger partial charge is 0.338 e. The van der Waals surface area contributed by atoms with Gasteiger partial charge in [-0.15, -0.1) is 0 Å². The van der Waals surface area contributed by atoms with Crippen molar-refractivity contribution in [2.75, 3.05) is 6.54 Å². The number of aryl methyl sites for hydroxylation is 1. The molecule has 3 rings (SSSR count). The van der Waals surface area contributed by atoms with E-state index in [1.165, 1.54) is 0 Å². The molecule has 0 aliphatic carbocycles. The fourth-order valence-corrected chi connectivity index (χ4v) is 2.45. The van der Waals surface area contributed by atoms with Gasteiger partial charge in [-0.2, -0.15) is 5.10 Å². The van der Waals surface area contributed by atoms with Crippen LogP contribution in [0.15, 0.2) is 67.3 Å². The predicted octanol–water partition coefficient (Wildman–Crippen LogP) is 2.70. The maximum atomic E-state index is 11.8. The van der Waals surface area contributed by atoms with E-state index >= 15 is 0 Å². The van der Waals surface area contributed by atoms with Crippen LogP contribution in [0.2, 0.25) is 0 Å². The van der Waals surface area contributed by atoms with Crippen LogP contribution in [0.5, 0.6) is 0 Å². The van der Waals surface area contributed by atoms with Gasteiger partial charge in [0.25, 0.3) is 0 Å². The highest BCUT2D eigenvalue weighted by Gasteiger charge is 2.02. The molecule has 2 heterocycles. The van der Waals surface area contributed by atoms with E-state index in [9.17, 15) is 4.79 Å². The van der Waals surface area contributed by atoms with Gasteiger partial charge in [0.2, 0.25) is 0 Å². The molecular formula is C19H21N5O. The number of carbonyl (C=O) groups is 1. The van der Waals surface area contributed by atoms with Crippen LogP contribution in [-0.4, -0.2) is 27.3 Å². The third-order valence-electron chi connectivity index (χ3n) is 3.76. The zero-order valence-electron chi connectivity index (χ0n) is 13.9. The van der Waals surface area contributed by atoms with Crippen LogP contribution in [-0.2, 0) is 13.0 Å². The summed E-state index contributed by atoms with van der Waals surface area (Å²) in [6.45, 7) is 1.10. The summed E-state index contributed by atoms with van der Waals surface area (Å²) in [6.07, 6.45) is 9.08. The molecule has 0 bridgehead atoms. The third-order valence-corrected chi connectivity index (χ3v) is 3.76. The topological polar surface area (TPSA) is 71.8 Å². The Kier molecular flexibility index (Phi) is 5.77. The summed E-state index contributed by atoms with van der Waals surface area (Å²) >= 11 is 0. The molecule has 6 heteroatoms. The van der Waals surface area contributed by atoms with Crippen molar-refractivity contribution in [3.05, 3.63) is 78.4 Å². The second-order valence-electron chi connectivity index (χ2n) is 5.70. The minimum absolute atomic E-state index is 0.163. The van der Waals surface area contributed by atoms with Gasteiger partial charge in [-0.25, -0.2) is 9.48 Å². The van der Waals surface area contributed by atoms with Crippen molar-refractivity contribution in [3.8, 4) is 5.69 Å².